The van der Waals surface area contributed by atoms with E-state index in [4.69, 9.17) is 0 Å². The molecule has 2 unspecified atom stereocenters. The monoisotopic (exact) mass is 241 g/mol. The molecule has 0 spiro atoms. The summed E-state index contributed by atoms with van der Waals surface area (Å²) in [6.45, 7) is 3.24. The molecule has 1 N–H and O–H groups in total. The third-order valence-corrected chi connectivity index (χ3v) is 3.86. The fourth-order valence-electron chi connectivity index (χ4n) is 2.65. The summed E-state index contributed by atoms with van der Waals surface area (Å²) in [6.07, 6.45) is 5.22. The van der Waals surface area contributed by atoms with Crippen LogP contribution in [0.4, 0.5) is 0 Å². The number of hydrogen-bond acceptors (Lipinski definition) is 2. The molecule has 1 aromatic carbocycles. The number of rotatable bonds is 4. The lowest BCUT2D eigenvalue weighted by Gasteiger charge is -2.31. The highest BCUT2D eigenvalue weighted by molar-refractivity contribution is 5.40. The van der Waals surface area contributed by atoms with Gasteiger partial charge in [-0.15, -0.1) is 0 Å². The Balaban J connectivity index is 1.57. The first kappa shape index (κ1) is 11.5. The van der Waals surface area contributed by atoms with Crippen molar-refractivity contribution >= 4 is 0 Å². The zero-order chi connectivity index (χ0) is 12.5. The van der Waals surface area contributed by atoms with Crippen LogP contribution in [0.2, 0.25) is 0 Å². The first-order chi connectivity index (χ1) is 8.74. The van der Waals surface area contributed by atoms with Crippen LogP contribution in [-0.2, 0) is 13.5 Å². The smallest absolute Gasteiger partial charge is 0.0537 e. The van der Waals surface area contributed by atoms with Crippen molar-refractivity contribution in [3.63, 3.8) is 0 Å². The Hall–Kier alpha value is -1.61. The van der Waals surface area contributed by atoms with Crippen molar-refractivity contribution in [2.75, 3.05) is 6.54 Å². The second kappa shape index (κ2) is 4.58. The van der Waals surface area contributed by atoms with Gasteiger partial charge in [-0.3, -0.25) is 4.68 Å². The second-order valence-corrected chi connectivity index (χ2v) is 5.18. The standard InChI is InChI=1S/C15H19N3/c1-11(14-9-17-18(2)10-14)16-8-13-7-12-5-3-4-6-15(12)13/h3-6,9-11,13,16H,7-8H2,1-2H3. The average molecular weight is 241 g/mol. The zero-order valence-electron chi connectivity index (χ0n) is 10.9. The lowest BCUT2D eigenvalue weighted by Crippen LogP contribution is -2.30. The Labute approximate surface area is 108 Å². The Morgan fingerprint density at radius 2 is 2.28 bits per heavy atom. The van der Waals surface area contributed by atoms with Gasteiger partial charge in [-0.25, -0.2) is 0 Å². The predicted molar refractivity (Wildman–Crippen MR) is 72.5 cm³/mol. The van der Waals surface area contributed by atoms with Gasteiger partial charge in [-0.2, -0.15) is 5.10 Å². The molecule has 0 radical (unpaired) electrons. The number of nitrogens with one attached hydrogen (secondary N) is 1. The molecule has 0 saturated heterocycles. The van der Waals surface area contributed by atoms with Crippen LogP contribution in [0.3, 0.4) is 0 Å². The van der Waals surface area contributed by atoms with Crippen molar-refractivity contribution in [3.8, 4) is 0 Å². The third kappa shape index (κ3) is 2.06. The van der Waals surface area contributed by atoms with E-state index in [1.807, 2.05) is 17.9 Å². The van der Waals surface area contributed by atoms with E-state index in [1.54, 1.807) is 0 Å². The summed E-state index contributed by atoms with van der Waals surface area (Å²) in [6, 6.07) is 9.11. The summed E-state index contributed by atoms with van der Waals surface area (Å²) in [5.74, 6) is 0.681. The number of fused-ring (bicyclic) bond motifs is 1. The molecule has 3 nitrogen and oxygen atoms in total. The van der Waals surface area contributed by atoms with Crippen molar-refractivity contribution in [2.45, 2.75) is 25.3 Å². The van der Waals surface area contributed by atoms with E-state index in [2.05, 4.69) is 47.8 Å². The van der Waals surface area contributed by atoms with Crippen LogP contribution in [0.25, 0.3) is 0 Å². The molecule has 1 heterocycles. The van der Waals surface area contributed by atoms with E-state index in [1.165, 1.54) is 23.1 Å². The van der Waals surface area contributed by atoms with Crippen LogP contribution in [-0.4, -0.2) is 16.3 Å². The van der Waals surface area contributed by atoms with Gasteiger partial charge in [0, 0.05) is 37.3 Å². The molecule has 1 aliphatic carbocycles. The van der Waals surface area contributed by atoms with Crippen molar-refractivity contribution in [1.29, 1.82) is 0 Å². The van der Waals surface area contributed by atoms with E-state index >= 15 is 0 Å². The van der Waals surface area contributed by atoms with Crippen molar-refractivity contribution in [1.82, 2.24) is 15.1 Å². The Bertz CT molecular complexity index is 544. The van der Waals surface area contributed by atoms with Crippen molar-refractivity contribution < 1.29 is 0 Å². The van der Waals surface area contributed by atoms with E-state index in [-0.39, 0.29) is 0 Å². The van der Waals surface area contributed by atoms with Crippen LogP contribution < -0.4 is 5.32 Å². The summed E-state index contributed by atoms with van der Waals surface area (Å²) in [5.41, 5.74) is 4.28. The minimum absolute atomic E-state index is 0.367. The molecule has 2 aromatic rings. The maximum absolute atomic E-state index is 4.21. The van der Waals surface area contributed by atoms with E-state index in [9.17, 15) is 0 Å². The fourth-order valence-corrected chi connectivity index (χ4v) is 2.65. The highest BCUT2D eigenvalue weighted by Crippen LogP contribution is 2.34. The number of hydrogen-bond donors (Lipinski definition) is 1. The quantitative estimate of drug-likeness (QED) is 0.891. The van der Waals surface area contributed by atoms with Gasteiger partial charge in [0.25, 0.3) is 0 Å². The molecule has 18 heavy (non-hydrogen) atoms. The highest BCUT2D eigenvalue weighted by atomic mass is 15.2. The van der Waals surface area contributed by atoms with Crippen molar-refractivity contribution in [3.05, 3.63) is 53.3 Å². The molecule has 94 valence electrons. The molecule has 1 aromatic heterocycles. The Morgan fingerprint density at radius 3 is 3.00 bits per heavy atom. The minimum Gasteiger partial charge on any atom is -0.309 e. The predicted octanol–water partition coefficient (Wildman–Crippen LogP) is 2.41. The van der Waals surface area contributed by atoms with Crippen LogP contribution >= 0.6 is 0 Å². The molecule has 0 saturated carbocycles. The molecule has 0 aliphatic heterocycles. The summed E-state index contributed by atoms with van der Waals surface area (Å²) in [7, 11) is 1.96. The van der Waals surface area contributed by atoms with Crippen LogP contribution in [0.1, 0.15) is 35.6 Å². The lowest BCUT2D eigenvalue weighted by atomic mass is 9.77. The van der Waals surface area contributed by atoms with Crippen LogP contribution in [0.5, 0.6) is 0 Å². The minimum atomic E-state index is 0.367. The second-order valence-electron chi connectivity index (χ2n) is 5.18. The molecule has 0 fully saturated rings. The fraction of sp³-hybridized carbons (Fsp3) is 0.400. The van der Waals surface area contributed by atoms with Crippen LogP contribution in [0, 0.1) is 0 Å². The number of aromatic nitrogens is 2. The van der Waals surface area contributed by atoms with E-state index in [0.717, 1.165) is 6.54 Å². The van der Waals surface area contributed by atoms with E-state index in [0.29, 0.717) is 12.0 Å². The maximum Gasteiger partial charge on any atom is 0.0537 e. The molecule has 0 bridgehead atoms. The third-order valence-electron chi connectivity index (χ3n) is 3.86. The Morgan fingerprint density at radius 1 is 1.44 bits per heavy atom. The van der Waals surface area contributed by atoms with Gasteiger partial charge in [0.1, 0.15) is 0 Å². The molecule has 1 aliphatic rings. The number of aryl methyl sites for hydroxylation is 1. The van der Waals surface area contributed by atoms with Crippen molar-refractivity contribution in [2.24, 2.45) is 7.05 Å². The normalized spacial score (nSPS) is 19.1. The number of nitrogens with zero attached hydrogens (tertiary/aromatic N) is 2. The lowest BCUT2D eigenvalue weighted by molar-refractivity contribution is 0.489. The summed E-state index contributed by atoms with van der Waals surface area (Å²) >= 11 is 0. The molecular formula is C15H19N3. The first-order valence-corrected chi connectivity index (χ1v) is 6.54. The molecule has 0 amide bonds. The first-order valence-electron chi connectivity index (χ1n) is 6.54. The molecule has 3 heteroatoms. The summed E-state index contributed by atoms with van der Waals surface area (Å²) in [5, 5.41) is 7.81. The van der Waals surface area contributed by atoms with Crippen LogP contribution in [0.15, 0.2) is 36.7 Å². The van der Waals surface area contributed by atoms with Gasteiger partial charge in [-0.1, -0.05) is 24.3 Å². The number of benzene rings is 1. The molecule has 3 rings (SSSR count). The molecule has 2 atom stereocenters. The maximum atomic E-state index is 4.21. The van der Waals surface area contributed by atoms with E-state index < -0.39 is 0 Å². The van der Waals surface area contributed by atoms with Gasteiger partial charge in [0.2, 0.25) is 0 Å². The topological polar surface area (TPSA) is 29.9 Å². The summed E-state index contributed by atoms with van der Waals surface area (Å²) < 4.78 is 1.85. The zero-order valence-corrected chi connectivity index (χ0v) is 10.9. The SMILES string of the molecule is CC(NCC1Cc2ccccc21)c1cnn(C)c1. The molecular weight excluding hydrogens is 222 g/mol. The van der Waals surface area contributed by atoms with Gasteiger partial charge in [0.15, 0.2) is 0 Å². The summed E-state index contributed by atoms with van der Waals surface area (Å²) in [4.78, 5) is 0. The Kier molecular flexibility index (Phi) is 2.92. The average Bonchev–Trinajstić information content (AvgIpc) is 2.77. The largest absolute Gasteiger partial charge is 0.309 e. The van der Waals surface area contributed by atoms with Gasteiger partial charge in [-0.05, 0) is 24.5 Å². The van der Waals surface area contributed by atoms with Gasteiger partial charge < -0.3 is 5.32 Å². The van der Waals surface area contributed by atoms with Gasteiger partial charge >= 0.3 is 0 Å². The highest BCUT2D eigenvalue weighted by Gasteiger charge is 2.25. The van der Waals surface area contributed by atoms with Gasteiger partial charge in [0.05, 0.1) is 6.20 Å².